The van der Waals surface area contributed by atoms with Crippen molar-refractivity contribution in [3.8, 4) is 0 Å². The fourth-order valence-electron chi connectivity index (χ4n) is 1.16. The molecule has 0 aliphatic heterocycles. The molecule has 15 heavy (non-hydrogen) atoms. The number of hydrogen-bond acceptors (Lipinski definition) is 5. The second-order valence-corrected chi connectivity index (χ2v) is 2.98. The molecule has 0 saturated heterocycles. The van der Waals surface area contributed by atoms with Gasteiger partial charge in [0.2, 0.25) is 0 Å². The molecule has 0 fully saturated rings. The van der Waals surface area contributed by atoms with Crippen molar-refractivity contribution in [3.63, 3.8) is 0 Å². The van der Waals surface area contributed by atoms with Gasteiger partial charge in [-0.25, -0.2) is 4.79 Å². The molecule has 0 radical (unpaired) electrons. The average Bonchev–Trinajstić information content (AvgIpc) is 2.17. The largest absolute Gasteiger partial charge is 0.488 e. The van der Waals surface area contributed by atoms with E-state index in [1.165, 1.54) is 18.2 Å². The van der Waals surface area contributed by atoms with Crippen LogP contribution in [0, 0.1) is 0 Å². The second kappa shape index (κ2) is 4.81. The molecule has 1 aromatic rings. The number of nitrogens with two attached hydrogens (primary N) is 1. The lowest BCUT2D eigenvalue weighted by molar-refractivity contribution is 0.0526. The van der Waals surface area contributed by atoms with Gasteiger partial charge in [-0.05, 0) is 30.6 Å². The van der Waals surface area contributed by atoms with Crippen molar-refractivity contribution in [2.75, 3.05) is 12.3 Å². The summed E-state index contributed by atoms with van der Waals surface area (Å²) in [7, 11) is -1.65. The molecule has 0 saturated carbocycles. The Hall–Kier alpha value is -1.53. The molecule has 6 heteroatoms. The van der Waals surface area contributed by atoms with Crippen molar-refractivity contribution in [2.45, 2.75) is 6.92 Å². The quantitative estimate of drug-likeness (QED) is 0.341. The van der Waals surface area contributed by atoms with Crippen molar-refractivity contribution in [1.29, 1.82) is 0 Å². The zero-order chi connectivity index (χ0) is 11.4. The molecule has 0 heterocycles. The lowest BCUT2D eigenvalue weighted by Crippen LogP contribution is -2.31. The van der Waals surface area contributed by atoms with E-state index in [-0.39, 0.29) is 23.3 Å². The Kier molecular flexibility index (Phi) is 3.71. The third-order valence-electron chi connectivity index (χ3n) is 1.79. The maximum atomic E-state index is 11.3. The molecule has 0 amide bonds. The molecule has 0 atom stereocenters. The van der Waals surface area contributed by atoms with Crippen molar-refractivity contribution >= 4 is 24.2 Å². The number of carbonyl (C=O) groups is 1. The van der Waals surface area contributed by atoms with E-state index in [9.17, 15) is 4.79 Å². The predicted molar refractivity (Wildman–Crippen MR) is 56.6 cm³/mol. The minimum atomic E-state index is -1.65. The Morgan fingerprint density at radius 3 is 2.67 bits per heavy atom. The summed E-state index contributed by atoms with van der Waals surface area (Å²) >= 11 is 0. The third-order valence-corrected chi connectivity index (χ3v) is 1.79. The molecule has 0 unspecified atom stereocenters. The van der Waals surface area contributed by atoms with Crippen molar-refractivity contribution in [2.24, 2.45) is 0 Å². The molecule has 0 aromatic heterocycles. The molecule has 1 rings (SSSR count). The SMILES string of the molecule is CCOC(=O)c1cc(N)cc(B(O)O)c1. The van der Waals surface area contributed by atoms with E-state index in [1.807, 2.05) is 0 Å². The molecular weight excluding hydrogens is 197 g/mol. The summed E-state index contributed by atoms with van der Waals surface area (Å²) in [5.41, 5.74) is 6.16. The lowest BCUT2D eigenvalue weighted by atomic mass is 9.79. The average molecular weight is 209 g/mol. The van der Waals surface area contributed by atoms with Gasteiger partial charge in [0, 0.05) is 5.69 Å². The molecule has 0 aliphatic rings. The molecule has 1 aromatic carbocycles. The van der Waals surface area contributed by atoms with Crippen LogP contribution in [0.25, 0.3) is 0 Å². The first-order valence-corrected chi connectivity index (χ1v) is 4.48. The van der Waals surface area contributed by atoms with Crippen LogP contribution in [0.2, 0.25) is 0 Å². The Balaban J connectivity index is 3.03. The van der Waals surface area contributed by atoms with Gasteiger partial charge in [0.25, 0.3) is 0 Å². The van der Waals surface area contributed by atoms with Gasteiger partial charge in [0.1, 0.15) is 0 Å². The van der Waals surface area contributed by atoms with Crippen molar-refractivity contribution in [1.82, 2.24) is 0 Å². The number of carbonyl (C=O) groups excluding carboxylic acids is 1. The monoisotopic (exact) mass is 209 g/mol. The first-order valence-electron chi connectivity index (χ1n) is 4.48. The molecule has 0 spiro atoms. The first kappa shape index (κ1) is 11.5. The number of anilines is 1. The fourth-order valence-corrected chi connectivity index (χ4v) is 1.16. The van der Waals surface area contributed by atoms with Gasteiger partial charge in [-0.2, -0.15) is 0 Å². The van der Waals surface area contributed by atoms with E-state index in [0.29, 0.717) is 0 Å². The second-order valence-electron chi connectivity index (χ2n) is 2.98. The Morgan fingerprint density at radius 1 is 1.47 bits per heavy atom. The normalized spacial score (nSPS) is 9.80. The zero-order valence-electron chi connectivity index (χ0n) is 8.30. The van der Waals surface area contributed by atoms with Gasteiger partial charge in [-0.3, -0.25) is 0 Å². The summed E-state index contributed by atoms with van der Waals surface area (Å²) in [5.74, 6) is -0.535. The summed E-state index contributed by atoms with van der Waals surface area (Å²) in [6.45, 7) is 1.94. The van der Waals surface area contributed by atoms with Crippen LogP contribution >= 0.6 is 0 Å². The minimum absolute atomic E-state index is 0.165. The molecule has 5 nitrogen and oxygen atoms in total. The van der Waals surface area contributed by atoms with Crippen LogP contribution < -0.4 is 11.2 Å². The van der Waals surface area contributed by atoms with Crippen molar-refractivity contribution in [3.05, 3.63) is 23.8 Å². The van der Waals surface area contributed by atoms with E-state index < -0.39 is 13.1 Å². The summed E-state index contributed by atoms with van der Waals surface area (Å²) in [4.78, 5) is 11.3. The number of esters is 1. The van der Waals surface area contributed by atoms with Gasteiger partial charge in [-0.1, -0.05) is 0 Å². The summed E-state index contributed by atoms with van der Waals surface area (Å²) in [6.07, 6.45) is 0. The standard InChI is InChI=1S/C9H12BNO4/c1-2-15-9(12)6-3-7(10(13)14)5-8(11)4-6/h3-5,13-14H,2,11H2,1H3. The van der Waals surface area contributed by atoms with E-state index in [0.717, 1.165) is 0 Å². The Bertz CT molecular complexity index is 367. The van der Waals surface area contributed by atoms with Crippen LogP contribution in [-0.2, 0) is 4.74 Å². The van der Waals surface area contributed by atoms with Gasteiger partial charge in [-0.15, -0.1) is 0 Å². The zero-order valence-corrected chi connectivity index (χ0v) is 8.30. The van der Waals surface area contributed by atoms with E-state index in [1.54, 1.807) is 6.92 Å². The van der Waals surface area contributed by atoms with Crippen molar-refractivity contribution < 1.29 is 19.6 Å². The highest BCUT2D eigenvalue weighted by molar-refractivity contribution is 6.58. The highest BCUT2D eigenvalue weighted by Gasteiger charge is 2.15. The number of hydrogen-bond donors (Lipinski definition) is 3. The van der Waals surface area contributed by atoms with E-state index in [4.69, 9.17) is 20.5 Å². The summed E-state index contributed by atoms with van der Waals surface area (Å²) < 4.78 is 4.76. The molecule has 0 bridgehead atoms. The van der Waals surface area contributed by atoms with Crippen LogP contribution in [0.15, 0.2) is 18.2 Å². The first-order chi connectivity index (χ1) is 7.04. The third kappa shape index (κ3) is 2.97. The summed E-state index contributed by atoms with van der Waals surface area (Å²) in [6, 6.07) is 4.14. The predicted octanol–water partition coefficient (Wildman–Crippen LogP) is -0.875. The van der Waals surface area contributed by atoms with Crippen LogP contribution in [0.1, 0.15) is 17.3 Å². The number of rotatable bonds is 3. The molecule has 80 valence electrons. The van der Waals surface area contributed by atoms with Crippen LogP contribution in [0.5, 0.6) is 0 Å². The minimum Gasteiger partial charge on any atom is -0.462 e. The number of ether oxygens (including phenoxy) is 1. The Labute approximate surface area is 87.6 Å². The van der Waals surface area contributed by atoms with Crippen LogP contribution in [0.3, 0.4) is 0 Å². The van der Waals surface area contributed by atoms with E-state index >= 15 is 0 Å². The van der Waals surface area contributed by atoms with Gasteiger partial charge < -0.3 is 20.5 Å². The van der Waals surface area contributed by atoms with Crippen LogP contribution in [-0.4, -0.2) is 29.7 Å². The van der Waals surface area contributed by atoms with Gasteiger partial charge in [0.15, 0.2) is 0 Å². The fraction of sp³-hybridized carbons (Fsp3) is 0.222. The lowest BCUT2D eigenvalue weighted by Gasteiger charge is -2.06. The Morgan fingerprint density at radius 2 is 2.13 bits per heavy atom. The maximum Gasteiger partial charge on any atom is 0.488 e. The highest BCUT2D eigenvalue weighted by atomic mass is 16.5. The number of benzene rings is 1. The van der Waals surface area contributed by atoms with E-state index in [2.05, 4.69) is 0 Å². The smallest absolute Gasteiger partial charge is 0.462 e. The summed E-state index contributed by atoms with van der Waals surface area (Å²) in [5, 5.41) is 17.9. The maximum absolute atomic E-state index is 11.3. The highest BCUT2D eigenvalue weighted by Crippen LogP contribution is 2.07. The van der Waals surface area contributed by atoms with Gasteiger partial charge >= 0.3 is 13.1 Å². The van der Waals surface area contributed by atoms with Crippen LogP contribution in [0.4, 0.5) is 5.69 Å². The topological polar surface area (TPSA) is 92.8 Å². The molecular formula is C9H12BNO4. The molecule has 0 aliphatic carbocycles. The van der Waals surface area contributed by atoms with Gasteiger partial charge in [0.05, 0.1) is 12.2 Å². The number of nitrogen functional groups attached to an aromatic ring is 1. The molecule has 4 N–H and O–H groups in total.